The number of ether oxygens (including phenoxy) is 1. The minimum absolute atomic E-state index is 0.101. The number of halogens is 1. The van der Waals surface area contributed by atoms with Gasteiger partial charge >= 0.3 is 5.97 Å². The first-order valence-corrected chi connectivity index (χ1v) is 7.59. The molecular formula is C17H18ClNO4. The lowest BCUT2D eigenvalue weighted by atomic mass is 9.97. The average molecular weight is 336 g/mol. The number of hydrogen-bond donors (Lipinski definition) is 3. The largest absolute Gasteiger partial charge is 0.497 e. The van der Waals surface area contributed by atoms with Crippen LogP contribution >= 0.6 is 11.6 Å². The zero-order valence-corrected chi connectivity index (χ0v) is 13.4. The normalized spacial score (nSPS) is 11.8. The molecule has 0 heterocycles. The van der Waals surface area contributed by atoms with E-state index >= 15 is 0 Å². The summed E-state index contributed by atoms with van der Waals surface area (Å²) in [5.41, 5.74) is 2.11. The Balaban J connectivity index is 2.45. The maximum atomic E-state index is 11.5. The lowest BCUT2D eigenvalue weighted by molar-refractivity contribution is 0.0698. The fourth-order valence-corrected chi connectivity index (χ4v) is 2.34. The molecule has 0 aliphatic carbocycles. The summed E-state index contributed by atoms with van der Waals surface area (Å²) in [6, 6.07) is 12.1. The van der Waals surface area contributed by atoms with Gasteiger partial charge in [-0.25, -0.2) is 4.79 Å². The number of aromatic carboxylic acids is 1. The number of anilines is 1. The van der Waals surface area contributed by atoms with Gasteiger partial charge in [0, 0.05) is 17.8 Å². The molecule has 1 unspecified atom stereocenters. The first-order chi connectivity index (χ1) is 11.1. The SMILES string of the molecule is COc1ccc(-c2c(NCC(O)CCl)cccc2C(=O)O)cc1. The lowest BCUT2D eigenvalue weighted by Gasteiger charge is -2.16. The van der Waals surface area contributed by atoms with E-state index in [0.29, 0.717) is 17.0 Å². The van der Waals surface area contributed by atoms with Gasteiger partial charge in [0.1, 0.15) is 5.75 Å². The van der Waals surface area contributed by atoms with Crippen molar-refractivity contribution in [2.45, 2.75) is 6.10 Å². The molecule has 0 radical (unpaired) electrons. The minimum Gasteiger partial charge on any atom is -0.497 e. The average Bonchev–Trinajstić information content (AvgIpc) is 2.59. The molecule has 0 fully saturated rings. The smallest absolute Gasteiger partial charge is 0.336 e. The molecule has 0 saturated carbocycles. The molecule has 5 nitrogen and oxygen atoms in total. The van der Waals surface area contributed by atoms with E-state index in [1.807, 2.05) is 0 Å². The molecule has 0 spiro atoms. The molecule has 1 atom stereocenters. The standard InChI is InChI=1S/C17H18ClNO4/c1-23-13-7-5-11(6-8-13)16-14(17(21)22)3-2-4-15(16)19-10-12(20)9-18/h2-8,12,19-20H,9-10H2,1H3,(H,21,22). The van der Waals surface area contributed by atoms with Crippen LogP contribution in [-0.4, -0.2) is 41.8 Å². The molecular weight excluding hydrogens is 318 g/mol. The van der Waals surface area contributed by atoms with Crippen molar-refractivity contribution in [1.82, 2.24) is 0 Å². The molecule has 0 amide bonds. The van der Waals surface area contributed by atoms with Crippen molar-refractivity contribution >= 4 is 23.3 Å². The molecule has 23 heavy (non-hydrogen) atoms. The van der Waals surface area contributed by atoms with Crippen molar-refractivity contribution in [3.05, 3.63) is 48.0 Å². The van der Waals surface area contributed by atoms with Gasteiger partial charge in [-0.05, 0) is 29.8 Å². The fourth-order valence-electron chi connectivity index (χ4n) is 2.23. The van der Waals surface area contributed by atoms with Crippen LogP contribution in [0.5, 0.6) is 5.75 Å². The maximum Gasteiger partial charge on any atom is 0.336 e. The van der Waals surface area contributed by atoms with Gasteiger partial charge in [0.15, 0.2) is 0 Å². The Bertz CT molecular complexity index is 673. The zero-order valence-electron chi connectivity index (χ0n) is 12.6. The molecule has 0 aliphatic rings. The van der Waals surface area contributed by atoms with Gasteiger partial charge in [0.2, 0.25) is 0 Å². The summed E-state index contributed by atoms with van der Waals surface area (Å²) in [5, 5.41) is 22.1. The first kappa shape index (κ1) is 17.1. The van der Waals surface area contributed by atoms with Gasteiger partial charge in [-0.3, -0.25) is 0 Å². The second-order valence-electron chi connectivity index (χ2n) is 4.95. The van der Waals surface area contributed by atoms with Gasteiger partial charge in [-0.15, -0.1) is 11.6 Å². The van der Waals surface area contributed by atoms with Crippen LogP contribution in [0.15, 0.2) is 42.5 Å². The van der Waals surface area contributed by atoms with E-state index in [4.69, 9.17) is 16.3 Å². The third kappa shape index (κ3) is 4.15. The zero-order chi connectivity index (χ0) is 16.8. The Morgan fingerprint density at radius 2 is 1.96 bits per heavy atom. The van der Waals surface area contributed by atoms with Crippen LogP contribution in [0.4, 0.5) is 5.69 Å². The van der Waals surface area contributed by atoms with Gasteiger partial charge in [-0.1, -0.05) is 18.2 Å². The fraction of sp³-hybridized carbons (Fsp3) is 0.235. The van der Waals surface area contributed by atoms with E-state index in [-0.39, 0.29) is 18.0 Å². The van der Waals surface area contributed by atoms with Crippen LogP contribution in [0.2, 0.25) is 0 Å². The van der Waals surface area contributed by atoms with Gasteiger partial charge in [0.05, 0.1) is 24.7 Å². The molecule has 0 saturated heterocycles. The summed E-state index contributed by atoms with van der Waals surface area (Å²) in [7, 11) is 1.57. The van der Waals surface area contributed by atoms with Crippen molar-refractivity contribution in [2.75, 3.05) is 24.9 Å². The summed E-state index contributed by atoms with van der Waals surface area (Å²) in [6.07, 6.45) is -0.714. The number of carboxylic acid groups (broad SMARTS) is 1. The van der Waals surface area contributed by atoms with Crippen LogP contribution in [0.25, 0.3) is 11.1 Å². The number of methoxy groups -OCH3 is 1. The van der Waals surface area contributed by atoms with Gasteiger partial charge in [0.25, 0.3) is 0 Å². The second-order valence-corrected chi connectivity index (χ2v) is 5.26. The van der Waals surface area contributed by atoms with Crippen molar-refractivity contribution in [3.8, 4) is 16.9 Å². The van der Waals surface area contributed by atoms with Crippen LogP contribution in [0.3, 0.4) is 0 Å². The summed E-state index contributed by atoms with van der Waals surface area (Å²) < 4.78 is 5.13. The summed E-state index contributed by atoms with van der Waals surface area (Å²) in [4.78, 5) is 11.5. The van der Waals surface area contributed by atoms with E-state index in [0.717, 1.165) is 5.56 Å². The molecule has 0 aliphatic heterocycles. The van der Waals surface area contributed by atoms with E-state index in [2.05, 4.69) is 5.32 Å². The molecule has 6 heteroatoms. The number of carboxylic acids is 1. The molecule has 2 aromatic carbocycles. The monoisotopic (exact) mass is 335 g/mol. The highest BCUT2D eigenvalue weighted by atomic mass is 35.5. The van der Waals surface area contributed by atoms with Crippen LogP contribution in [0.1, 0.15) is 10.4 Å². The van der Waals surface area contributed by atoms with Crippen molar-refractivity contribution in [1.29, 1.82) is 0 Å². The van der Waals surface area contributed by atoms with Crippen LogP contribution in [0, 0.1) is 0 Å². The number of rotatable bonds is 7. The Labute approximate surface area is 139 Å². The number of carbonyl (C=O) groups is 1. The number of hydrogen-bond acceptors (Lipinski definition) is 4. The predicted octanol–water partition coefficient (Wildman–Crippen LogP) is 3.07. The third-order valence-corrected chi connectivity index (χ3v) is 3.74. The van der Waals surface area contributed by atoms with Crippen LogP contribution < -0.4 is 10.1 Å². The van der Waals surface area contributed by atoms with E-state index in [9.17, 15) is 15.0 Å². The van der Waals surface area contributed by atoms with E-state index in [1.54, 1.807) is 49.6 Å². The van der Waals surface area contributed by atoms with Crippen molar-refractivity contribution in [2.24, 2.45) is 0 Å². The highest BCUT2D eigenvalue weighted by molar-refractivity contribution is 6.18. The van der Waals surface area contributed by atoms with Crippen molar-refractivity contribution < 1.29 is 19.7 Å². The predicted molar refractivity (Wildman–Crippen MR) is 90.6 cm³/mol. The Morgan fingerprint density at radius 3 is 2.52 bits per heavy atom. The van der Waals surface area contributed by atoms with Crippen molar-refractivity contribution in [3.63, 3.8) is 0 Å². The second kappa shape index (κ2) is 7.85. The molecule has 3 N–H and O–H groups in total. The molecule has 0 bridgehead atoms. The highest BCUT2D eigenvalue weighted by Crippen LogP contribution is 2.33. The number of nitrogens with one attached hydrogen (secondary N) is 1. The molecule has 2 rings (SSSR count). The number of aliphatic hydroxyl groups is 1. The van der Waals surface area contributed by atoms with Gasteiger partial charge in [-0.2, -0.15) is 0 Å². The van der Waals surface area contributed by atoms with Gasteiger partial charge < -0.3 is 20.3 Å². The highest BCUT2D eigenvalue weighted by Gasteiger charge is 2.16. The first-order valence-electron chi connectivity index (χ1n) is 7.05. The summed E-state index contributed by atoms with van der Waals surface area (Å²) in [5.74, 6) is -0.227. The maximum absolute atomic E-state index is 11.5. The van der Waals surface area contributed by atoms with Crippen LogP contribution in [-0.2, 0) is 0 Å². The summed E-state index contributed by atoms with van der Waals surface area (Å²) in [6.45, 7) is 0.232. The minimum atomic E-state index is -1.02. The Morgan fingerprint density at radius 1 is 1.26 bits per heavy atom. The Kier molecular flexibility index (Phi) is 5.84. The topological polar surface area (TPSA) is 78.8 Å². The summed E-state index contributed by atoms with van der Waals surface area (Å²) >= 11 is 5.59. The number of aliphatic hydroxyl groups excluding tert-OH is 1. The molecule has 2 aromatic rings. The van der Waals surface area contributed by atoms with E-state index in [1.165, 1.54) is 0 Å². The number of alkyl halides is 1. The van der Waals surface area contributed by atoms with E-state index < -0.39 is 12.1 Å². The quantitative estimate of drug-likeness (QED) is 0.678. The number of benzene rings is 2. The molecule has 122 valence electrons. The Hall–Kier alpha value is -2.24. The molecule has 0 aromatic heterocycles. The lowest BCUT2D eigenvalue weighted by Crippen LogP contribution is -2.21. The third-order valence-electron chi connectivity index (χ3n) is 3.38.